The molecule has 1 rings (SSSR count). The van der Waals surface area contributed by atoms with Gasteiger partial charge >= 0.3 is 5.97 Å². The van der Waals surface area contributed by atoms with E-state index in [4.69, 9.17) is 16.1 Å². The molecule has 0 aromatic carbocycles. The van der Waals surface area contributed by atoms with Gasteiger partial charge in [-0.3, -0.25) is 9.78 Å². The number of pyridine rings is 1. The van der Waals surface area contributed by atoms with Crippen molar-refractivity contribution in [3.63, 3.8) is 0 Å². The predicted molar refractivity (Wildman–Crippen MR) is 53.1 cm³/mol. The molecule has 5 nitrogen and oxygen atoms in total. The molecule has 0 atom stereocenters. The average Bonchev–Trinajstić information content (AvgIpc) is 2.26. The molecule has 0 fully saturated rings. The number of carboxylic acids is 1. The monoisotopic (exact) mass is 241 g/mol. The lowest BCUT2D eigenvalue weighted by Crippen LogP contribution is -2.12. The second-order valence-corrected chi connectivity index (χ2v) is 3.21. The normalized spacial score (nSPS) is 10.3. The highest BCUT2D eigenvalue weighted by atomic mass is 19.3. The fourth-order valence-corrected chi connectivity index (χ4v) is 1.38. The highest BCUT2D eigenvalue weighted by Crippen LogP contribution is 2.26. The summed E-state index contributed by atoms with van der Waals surface area (Å²) in [6.07, 6.45) is -3.61. The van der Waals surface area contributed by atoms with Crippen molar-refractivity contribution in [1.82, 2.24) is 4.98 Å². The average molecular weight is 241 g/mol. The van der Waals surface area contributed by atoms with E-state index in [1.165, 1.54) is 0 Å². The van der Waals surface area contributed by atoms with Gasteiger partial charge in [-0.2, -0.15) is 5.26 Å². The maximum atomic E-state index is 12.7. The van der Waals surface area contributed by atoms with E-state index in [2.05, 4.69) is 4.98 Å². The molecule has 17 heavy (non-hydrogen) atoms. The lowest BCUT2D eigenvalue weighted by atomic mass is 10.0. The Labute approximate surface area is 95.5 Å². The van der Waals surface area contributed by atoms with Gasteiger partial charge in [-0.25, -0.2) is 8.78 Å². The van der Waals surface area contributed by atoms with Crippen molar-refractivity contribution < 1.29 is 18.7 Å². The zero-order valence-electron chi connectivity index (χ0n) is 8.65. The van der Waals surface area contributed by atoms with Gasteiger partial charge in [0.1, 0.15) is 0 Å². The number of aliphatic carboxylic acids is 1. The molecule has 90 valence electrons. The fraction of sp³-hybridized carbons (Fsp3) is 0.300. The van der Waals surface area contributed by atoms with Crippen molar-refractivity contribution in [1.29, 1.82) is 5.26 Å². The second-order valence-electron chi connectivity index (χ2n) is 3.21. The zero-order valence-corrected chi connectivity index (χ0v) is 8.65. The summed E-state index contributed by atoms with van der Waals surface area (Å²) in [4.78, 5) is 14.3. The Morgan fingerprint density at radius 3 is 2.71 bits per heavy atom. The summed E-state index contributed by atoms with van der Waals surface area (Å²) in [5, 5.41) is 17.3. The molecule has 1 aromatic heterocycles. The third-order valence-corrected chi connectivity index (χ3v) is 2.06. The van der Waals surface area contributed by atoms with Gasteiger partial charge in [0, 0.05) is 6.54 Å². The fourth-order valence-electron chi connectivity index (χ4n) is 1.38. The first-order valence-corrected chi connectivity index (χ1v) is 4.62. The minimum absolute atomic E-state index is 0.0508. The predicted octanol–water partition coefficient (Wildman–Crippen LogP) is 0.977. The SMILES string of the molecule is N#Cc1cc(CN)nc(CC(=O)O)c1C(F)F. The van der Waals surface area contributed by atoms with Crippen LogP contribution in [0.3, 0.4) is 0 Å². The Morgan fingerprint density at radius 2 is 2.29 bits per heavy atom. The minimum Gasteiger partial charge on any atom is -0.481 e. The quantitative estimate of drug-likeness (QED) is 0.818. The molecule has 1 aromatic rings. The number of nitrogens with zero attached hydrogens (tertiary/aromatic N) is 2. The highest BCUT2D eigenvalue weighted by Gasteiger charge is 2.21. The van der Waals surface area contributed by atoms with Gasteiger partial charge < -0.3 is 10.8 Å². The van der Waals surface area contributed by atoms with Gasteiger partial charge in [0.15, 0.2) is 0 Å². The maximum absolute atomic E-state index is 12.7. The number of carbonyl (C=O) groups is 1. The van der Waals surface area contributed by atoms with E-state index in [1.54, 1.807) is 6.07 Å². The van der Waals surface area contributed by atoms with Crippen LogP contribution in [0.15, 0.2) is 6.07 Å². The first-order valence-electron chi connectivity index (χ1n) is 4.62. The van der Waals surface area contributed by atoms with Crippen molar-refractivity contribution in [3.05, 3.63) is 28.6 Å². The topological polar surface area (TPSA) is 100 Å². The van der Waals surface area contributed by atoms with Crippen LogP contribution in [-0.4, -0.2) is 16.1 Å². The van der Waals surface area contributed by atoms with Crippen LogP contribution < -0.4 is 5.73 Å². The molecule has 0 bridgehead atoms. The molecule has 7 heteroatoms. The van der Waals surface area contributed by atoms with E-state index in [9.17, 15) is 13.6 Å². The largest absolute Gasteiger partial charge is 0.481 e. The van der Waals surface area contributed by atoms with E-state index in [0.717, 1.165) is 6.07 Å². The van der Waals surface area contributed by atoms with E-state index in [1.807, 2.05) is 0 Å². The molecule has 0 aliphatic carbocycles. The Balaban J connectivity index is 3.41. The van der Waals surface area contributed by atoms with Crippen LogP contribution in [0.4, 0.5) is 8.78 Å². The molecule has 0 aliphatic rings. The van der Waals surface area contributed by atoms with Crippen molar-refractivity contribution >= 4 is 5.97 Å². The van der Waals surface area contributed by atoms with Crippen LogP contribution in [0.2, 0.25) is 0 Å². The van der Waals surface area contributed by atoms with E-state index >= 15 is 0 Å². The molecule has 0 spiro atoms. The zero-order chi connectivity index (χ0) is 13.0. The molecule has 0 saturated carbocycles. The summed E-state index contributed by atoms with van der Waals surface area (Å²) in [6, 6.07) is 2.74. The number of hydrogen-bond acceptors (Lipinski definition) is 4. The molecular weight excluding hydrogens is 232 g/mol. The third-order valence-electron chi connectivity index (χ3n) is 2.06. The number of nitrogens with two attached hydrogens (primary N) is 1. The smallest absolute Gasteiger partial charge is 0.309 e. The first-order chi connectivity index (χ1) is 7.99. The van der Waals surface area contributed by atoms with Crippen LogP contribution in [0, 0.1) is 11.3 Å². The Morgan fingerprint density at radius 1 is 1.65 bits per heavy atom. The van der Waals surface area contributed by atoms with Crippen LogP contribution in [0.1, 0.15) is 28.9 Å². The van der Waals surface area contributed by atoms with E-state index in [-0.39, 0.29) is 23.5 Å². The number of hydrogen-bond donors (Lipinski definition) is 2. The van der Waals surface area contributed by atoms with Gasteiger partial charge in [-0.1, -0.05) is 0 Å². The summed E-state index contributed by atoms with van der Waals surface area (Å²) in [7, 11) is 0. The number of rotatable bonds is 4. The summed E-state index contributed by atoms with van der Waals surface area (Å²) in [5.74, 6) is -1.29. The maximum Gasteiger partial charge on any atom is 0.309 e. The van der Waals surface area contributed by atoms with Gasteiger partial charge in [0.2, 0.25) is 0 Å². The standard InChI is InChI=1S/C10H9F2N3O2/c11-10(12)9-5(3-13)1-6(4-14)15-7(9)2-8(16)17/h1,10H,2,4,14H2,(H,16,17). The summed E-state index contributed by atoms with van der Waals surface area (Å²) < 4.78 is 25.5. The van der Waals surface area contributed by atoms with Gasteiger partial charge in [0.05, 0.1) is 35.0 Å². The number of alkyl halides is 2. The van der Waals surface area contributed by atoms with Crippen molar-refractivity contribution in [3.8, 4) is 6.07 Å². The van der Waals surface area contributed by atoms with Crippen LogP contribution in [0.25, 0.3) is 0 Å². The molecule has 0 amide bonds. The lowest BCUT2D eigenvalue weighted by Gasteiger charge is -2.10. The Hall–Kier alpha value is -2.07. The van der Waals surface area contributed by atoms with Gasteiger partial charge in [-0.15, -0.1) is 0 Å². The minimum atomic E-state index is -2.95. The Kier molecular flexibility index (Phi) is 4.06. The second kappa shape index (κ2) is 5.32. The van der Waals surface area contributed by atoms with Crippen molar-refractivity contribution in [2.45, 2.75) is 19.4 Å². The number of carboxylic acid groups (broad SMARTS) is 1. The van der Waals surface area contributed by atoms with Crippen LogP contribution >= 0.6 is 0 Å². The molecule has 0 aliphatic heterocycles. The van der Waals surface area contributed by atoms with Gasteiger partial charge in [-0.05, 0) is 6.07 Å². The van der Waals surface area contributed by atoms with Crippen LogP contribution in [0.5, 0.6) is 0 Å². The summed E-state index contributed by atoms with van der Waals surface area (Å²) >= 11 is 0. The first kappa shape index (κ1) is 13.0. The van der Waals surface area contributed by atoms with E-state index < -0.39 is 24.4 Å². The molecule has 0 saturated heterocycles. The Bertz CT molecular complexity index is 483. The van der Waals surface area contributed by atoms with Gasteiger partial charge in [0.25, 0.3) is 6.43 Å². The number of nitriles is 1. The molecule has 3 N–H and O–H groups in total. The lowest BCUT2D eigenvalue weighted by molar-refractivity contribution is -0.136. The number of aromatic nitrogens is 1. The third kappa shape index (κ3) is 2.95. The van der Waals surface area contributed by atoms with Crippen LogP contribution in [-0.2, 0) is 17.8 Å². The molecular formula is C10H9F2N3O2. The number of halogens is 2. The molecule has 1 heterocycles. The van der Waals surface area contributed by atoms with E-state index in [0.29, 0.717) is 0 Å². The molecule has 0 unspecified atom stereocenters. The highest BCUT2D eigenvalue weighted by molar-refractivity contribution is 5.70. The van der Waals surface area contributed by atoms with Crippen molar-refractivity contribution in [2.75, 3.05) is 0 Å². The summed E-state index contributed by atoms with van der Waals surface area (Å²) in [6.45, 7) is -0.0508. The molecule has 0 radical (unpaired) electrons. The van der Waals surface area contributed by atoms with Crippen molar-refractivity contribution in [2.24, 2.45) is 5.73 Å². The summed E-state index contributed by atoms with van der Waals surface area (Å²) in [5.41, 5.74) is 4.27.